The van der Waals surface area contributed by atoms with Crippen LogP contribution in [-0.2, 0) is 0 Å². The highest BCUT2D eigenvalue weighted by molar-refractivity contribution is 5.56. The van der Waals surface area contributed by atoms with Crippen molar-refractivity contribution in [2.45, 2.75) is 26.3 Å². The average molecular weight is 234 g/mol. The zero-order valence-corrected chi connectivity index (χ0v) is 10.4. The molecule has 0 amide bonds. The molecule has 1 aromatic carbocycles. The molecule has 0 saturated carbocycles. The van der Waals surface area contributed by atoms with Gasteiger partial charge in [0.15, 0.2) is 0 Å². The van der Waals surface area contributed by atoms with E-state index >= 15 is 0 Å². The molecule has 0 radical (unpaired) electrons. The van der Waals surface area contributed by atoms with Crippen LogP contribution in [0.3, 0.4) is 0 Å². The third kappa shape index (κ3) is 2.67. The van der Waals surface area contributed by atoms with Gasteiger partial charge in [-0.25, -0.2) is 4.39 Å². The fourth-order valence-corrected chi connectivity index (χ4v) is 2.30. The lowest BCUT2D eigenvalue weighted by Gasteiger charge is -2.31. The van der Waals surface area contributed by atoms with Crippen molar-refractivity contribution in [3.05, 3.63) is 41.2 Å². The Balaban J connectivity index is 2.34. The van der Waals surface area contributed by atoms with Crippen LogP contribution in [0, 0.1) is 5.82 Å². The second-order valence-electron chi connectivity index (χ2n) is 4.75. The fraction of sp³-hybridized carbons (Fsp3) is 0.429. The van der Waals surface area contributed by atoms with Crippen LogP contribution in [0.4, 0.5) is 10.1 Å². The first-order chi connectivity index (χ1) is 8.08. The van der Waals surface area contributed by atoms with Gasteiger partial charge in [-0.05, 0) is 44.0 Å². The van der Waals surface area contributed by atoms with E-state index in [0.717, 1.165) is 30.8 Å². The van der Waals surface area contributed by atoms with Crippen molar-refractivity contribution in [2.75, 3.05) is 18.0 Å². The van der Waals surface area contributed by atoms with E-state index in [1.165, 1.54) is 11.6 Å². The maximum absolute atomic E-state index is 13.3. The first-order valence-corrected chi connectivity index (χ1v) is 6.03. The summed E-state index contributed by atoms with van der Waals surface area (Å²) >= 11 is 0. The number of nitrogens with zero attached hydrogens (tertiary/aromatic N) is 1. The first-order valence-electron chi connectivity index (χ1n) is 6.03. The number of rotatable bonds is 2. The minimum atomic E-state index is -0.217. The summed E-state index contributed by atoms with van der Waals surface area (Å²) in [5.74, 6) is -0.217. The Morgan fingerprint density at radius 1 is 1.41 bits per heavy atom. The molecule has 1 atom stereocenters. The highest BCUT2D eigenvalue weighted by Gasteiger charge is 2.16. The second-order valence-corrected chi connectivity index (χ2v) is 4.75. The molecular weight excluding hydrogens is 215 g/mol. The summed E-state index contributed by atoms with van der Waals surface area (Å²) in [6.45, 7) is 5.90. The van der Waals surface area contributed by atoms with E-state index in [1.54, 1.807) is 6.07 Å². The molecule has 17 heavy (non-hydrogen) atoms. The maximum atomic E-state index is 13.3. The molecule has 2 N–H and O–H groups in total. The maximum Gasteiger partial charge on any atom is 0.123 e. The Bertz CT molecular complexity index is 438. The van der Waals surface area contributed by atoms with E-state index < -0.39 is 0 Å². The lowest BCUT2D eigenvalue weighted by molar-refractivity contribution is 0.621. The predicted octanol–water partition coefficient (Wildman–Crippen LogP) is 3.00. The molecular formula is C14H19FN2. The van der Waals surface area contributed by atoms with E-state index in [1.807, 2.05) is 13.0 Å². The smallest absolute Gasteiger partial charge is 0.123 e. The van der Waals surface area contributed by atoms with Crippen molar-refractivity contribution in [3.63, 3.8) is 0 Å². The molecule has 3 heteroatoms. The van der Waals surface area contributed by atoms with Gasteiger partial charge >= 0.3 is 0 Å². The quantitative estimate of drug-likeness (QED) is 0.797. The largest absolute Gasteiger partial charge is 0.367 e. The molecule has 0 unspecified atom stereocenters. The molecule has 0 spiro atoms. The topological polar surface area (TPSA) is 29.3 Å². The molecule has 1 aliphatic heterocycles. The predicted molar refractivity (Wildman–Crippen MR) is 69.6 cm³/mol. The number of benzene rings is 1. The van der Waals surface area contributed by atoms with Crippen LogP contribution in [0.1, 0.15) is 31.9 Å². The second kappa shape index (κ2) is 4.88. The van der Waals surface area contributed by atoms with E-state index in [0.29, 0.717) is 0 Å². The SMILES string of the molecule is CC1=CCCN(c2ccc(F)cc2[C@H](C)N)C1. The van der Waals surface area contributed by atoms with E-state index in [-0.39, 0.29) is 11.9 Å². The van der Waals surface area contributed by atoms with Crippen molar-refractivity contribution < 1.29 is 4.39 Å². The van der Waals surface area contributed by atoms with Crippen LogP contribution >= 0.6 is 0 Å². The minimum absolute atomic E-state index is 0.146. The van der Waals surface area contributed by atoms with Crippen molar-refractivity contribution in [2.24, 2.45) is 5.73 Å². The Kier molecular flexibility index (Phi) is 3.48. The van der Waals surface area contributed by atoms with Crippen molar-refractivity contribution in [3.8, 4) is 0 Å². The summed E-state index contributed by atoms with van der Waals surface area (Å²) < 4.78 is 13.3. The van der Waals surface area contributed by atoms with Crippen LogP contribution in [0.15, 0.2) is 29.8 Å². The van der Waals surface area contributed by atoms with Gasteiger partial charge in [0.1, 0.15) is 5.82 Å². The summed E-state index contributed by atoms with van der Waals surface area (Å²) in [5.41, 5.74) is 9.23. The van der Waals surface area contributed by atoms with Gasteiger partial charge in [-0.2, -0.15) is 0 Å². The molecule has 2 nitrogen and oxygen atoms in total. The monoisotopic (exact) mass is 234 g/mol. The number of nitrogens with two attached hydrogens (primary N) is 1. The van der Waals surface area contributed by atoms with E-state index in [4.69, 9.17) is 5.73 Å². The van der Waals surface area contributed by atoms with Crippen molar-refractivity contribution >= 4 is 5.69 Å². The molecule has 1 aliphatic rings. The molecule has 1 aromatic rings. The standard InChI is InChI=1S/C14H19FN2/c1-10-4-3-7-17(9-10)14-6-5-12(15)8-13(14)11(2)16/h4-6,8,11H,3,7,9,16H2,1-2H3/t11-/m0/s1. The van der Waals surface area contributed by atoms with Crippen LogP contribution < -0.4 is 10.6 Å². The Hall–Kier alpha value is -1.35. The third-order valence-electron chi connectivity index (χ3n) is 3.15. The summed E-state index contributed by atoms with van der Waals surface area (Å²) in [4.78, 5) is 2.27. The Morgan fingerprint density at radius 3 is 2.82 bits per heavy atom. The number of hydrogen-bond donors (Lipinski definition) is 1. The van der Waals surface area contributed by atoms with E-state index in [2.05, 4.69) is 17.9 Å². The van der Waals surface area contributed by atoms with Crippen molar-refractivity contribution in [1.29, 1.82) is 0 Å². The van der Waals surface area contributed by atoms with Gasteiger partial charge in [0.2, 0.25) is 0 Å². The number of anilines is 1. The number of hydrogen-bond acceptors (Lipinski definition) is 2. The molecule has 0 aromatic heterocycles. The van der Waals surface area contributed by atoms with Crippen LogP contribution in [0.25, 0.3) is 0 Å². The van der Waals surface area contributed by atoms with Gasteiger partial charge in [-0.15, -0.1) is 0 Å². The fourth-order valence-electron chi connectivity index (χ4n) is 2.30. The molecule has 0 bridgehead atoms. The van der Waals surface area contributed by atoms with Gasteiger partial charge in [0.05, 0.1) is 0 Å². The summed E-state index contributed by atoms with van der Waals surface area (Å²) in [6, 6.07) is 4.75. The number of halogens is 1. The molecule has 0 saturated heterocycles. The Labute approximate surface area is 102 Å². The van der Waals surface area contributed by atoms with Gasteiger partial charge in [0, 0.05) is 24.8 Å². The zero-order valence-electron chi connectivity index (χ0n) is 10.4. The lowest BCUT2D eigenvalue weighted by Crippen LogP contribution is -2.30. The van der Waals surface area contributed by atoms with Gasteiger partial charge in [-0.3, -0.25) is 0 Å². The van der Waals surface area contributed by atoms with Gasteiger partial charge < -0.3 is 10.6 Å². The highest BCUT2D eigenvalue weighted by Crippen LogP contribution is 2.28. The van der Waals surface area contributed by atoms with Crippen LogP contribution in [0.2, 0.25) is 0 Å². The first kappa shape index (κ1) is 12.1. The van der Waals surface area contributed by atoms with Crippen LogP contribution in [0.5, 0.6) is 0 Å². The Morgan fingerprint density at radius 2 is 2.18 bits per heavy atom. The van der Waals surface area contributed by atoms with Gasteiger partial charge in [-0.1, -0.05) is 11.6 Å². The summed E-state index contributed by atoms with van der Waals surface area (Å²) in [7, 11) is 0. The third-order valence-corrected chi connectivity index (χ3v) is 3.15. The summed E-state index contributed by atoms with van der Waals surface area (Å²) in [6.07, 6.45) is 3.30. The average Bonchev–Trinajstić information content (AvgIpc) is 2.28. The minimum Gasteiger partial charge on any atom is -0.367 e. The molecule has 1 heterocycles. The summed E-state index contributed by atoms with van der Waals surface area (Å²) in [5, 5.41) is 0. The lowest BCUT2D eigenvalue weighted by atomic mass is 10.0. The molecule has 0 fully saturated rings. The highest BCUT2D eigenvalue weighted by atomic mass is 19.1. The van der Waals surface area contributed by atoms with Crippen LogP contribution in [-0.4, -0.2) is 13.1 Å². The van der Waals surface area contributed by atoms with Gasteiger partial charge in [0.25, 0.3) is 0 Å². The van der Waals surface area contributed by atoms with Crippen molar-refractivity contribution in [1.82, 2.24) is 0 Å². The zero-order chi connectivity index (χ0) is 12.4. The molecule has 0 aliphatic carbocycles. The normalized spacial score (nSPS) is 17.9. The molecule has 92 valence electrons. The molecule has 2 rings (SSSR count). The van der Waals surface area contributed by atoms with E-state index in [9.17, 15) is 4.39 Å².